The van der Waals surface area contributed by atoms with Crippen molar-refractivity contribution < 1.29 is 4.74 Å². The van der Waals surface area contributed by atoms with E-state index in [-0.39, 0.29) is 0 Å². The van der Waals surface area contributed by atoms with Gasteiger partial charge in [0.15, 0.2) is 0 Å². The molecule has 0 spiro atoms. The fourth-order valence-electron chi connectivity index (χ4n) is 1.54. The van der Waals surface area contributed by atoms with E-state index in [1.165, 1.54) is 16.7 Å². The standard InChI is InChI=1S/C11H12O/c1-8-5-6-9(2)11-10(8)4-3-7-12-11/h3,5-7H,4H2,1-2H3. The molecule has 2 rings (SSSR count). The van der Waals surface area contributed by atoms with E-state index in [0.29, 0.717) is 0 Å². The maximum Gasteiger partial charge on any atom is 0.133 e. The van der Waals surface area contributed by atoms with Crippen LogP contribution < -0.4 is 4.74 Å². The Hall–Kier alpha value is -1.24. The molecule has 0 unspecified atom stereocenters. The SMILES string of the molecule is Cc1ccc(C)c2c1CC=CO2. The molecule has 1 aliphatic rings. The molecule has 0 aromatic heterocycles. The molecule has 0 saturated heterocycles. The highest BCUT2D eigenvalue weighted by molar-refractivity contribution is 5.48. The molecule has 1 nitrogen and oxygen atoms in total. The molecular weight excluding hydrogens is 148 g/mol. The Labute approximate surface area is 72.7 Å². The van der Waals surface area contributed by atoms with E-state index in [1.807, 2.05) is 0 Å². The second-order valence-electron chi connectivity index (χ2n) is 3.20. The maximum atomic E-state index is 5.45. The molecule has 0 bridgehead atoms. The minimum Gasteiger partial charge on any atom is -0.465 e. The van der Waals surface area contributed by atoms with Gasteiger partial charge in [-0.1, -0.05) is 12.1 Å². The van der Waals surface area contributed by atoms with Gasteiger partial charge in [-0.3, -0.25) is 0 Å². The zero-order valence-electron chi connectivity index (χ0n) is 7.42. The lowest BCUT2D eigenvalue weighted by molar-refractivity contribution is 0.460. The van der Waals surface area contributed by atoms with Gasteiger partial charge >= 0.3 is 0 Å². The van der Waals surface area contributed by atoms with Gasteiger partial charge in [0.1, 0.15) is 5.75 Å². The van der Waals surface area contributed by atoms with Gasteiger partial charge in [-0.2, -0.15) is 0 Å². The van der Waals surface area contributed by atoms with E-state index in [4.69, 9.17) is 4.74 Å². The fourth-order valence-corrected chi connectivity index (χ4v) is 1.54. The third-order valence-corrected chi connectivity index (χ3v) is 2.30. The Morgan fingerprint density at radius 2 is 1.92 bits per heavy atom. The van der Waals surface area contributed by atoms with Gasteiger partial charge in [0.05, 0.1) is 6.26 Å². The van der Waals surface area contributed by atoms with Gasteiger partial charge in [0.25, 0.3) is 0 Å². The Morgan fingerprint density at radius 3 is 2.67 bits per heavy atom. The van der Waals surface area contributed by atoms with Crippen LogP contribution in [0.25, 0.3) is 0 Å². The van der Waals surface area contributed by atoms with Crippen molar-refractivity contribution in [2.45, 2.75) is 20.3 Å². The Kier molecular flexibility index (Phi) is 1.65. The van der Waals surface area contributed by atoms with Crippen molar-refractivity contribution in [2.75, 3.05) is 0 Å². The minimum atomic E-state index is 1.00. The van der Waals surface area contributed by atoms with Crippen LogP contribution in [0, 0.1) is 13.8 Å². The van der Waals surface area contributed by atoms with Crippen LogP contribution >= 0.6 is 0 Å². The van der Waals surface area contributed by atoms with E-state index < -0.39 is 0 Å². The lowest BCUT2D eigenvalue weighted by Crippen LogP contribution is -2.00. The number of allylic oxidation sites excluding steroid dienone is 1. The molecule has 1 aromatic carbocycles. The highest BCUT2D eigenvalue weighted by Crippen LogP contribution is 2.29. The third kappa shape index (κ3) is 1.02. The number of rotatable bonds is 0. The van der Waals surface area contributed by atoms with Crippen molar-refractivity contribution in [2.24, 2.45) is 0 Å². The summed E-state index contributed by atoms with van der Waals surface area (Å²) in [6.07, 6.45) is 4.83. The molecule has 0 radical (unpaired) electrons. The van der Waals surface area contributed by atoms with Crippen molar-refractivity contribution >= 4 is 0 Å². The Bertz CT molecular complexity index is 304. The molecule has 0 amide bonds. The largest absolute Gasteiger partial charge is 0.465 e. The van der Waals surface area contributed by atoms with Gasteiger partial charge in [-0.05, 0) is 37.5 Å². The first-order valence-corrected chi connectivity index (χ1v) is 4.20. The number of aryl methyl sites for hydroxylation is 2. The smallest absolute Gasteiger partial charge is 0.133 e. The summed E-state index contributed by atoms with van der Waals surface area (Å²) < 4.78 is 5.45. The van der Waals surface area contributed by atoms with Crippen LogP contribution in [0.3, 0.4) is 0 Å². The summed E-state index contributed by atoms with van der Waals surface area (Å²) >= 11 is 0. The molecule has 0 atom stereocenters. The van der Waals surface area contributed by atoms with Gasteiger partial charge in [0.2, 0.25) is 0 Å². The monoisotopic (exact) mass is 160 g/mol. The van der Waals surface area contributed by atoms with Crippen molar-refractivity contribution in [3.63, 3.8) is 0 Å². The first-order valence-electron chi connectivity index (χ1n) is 4.20. The van der Waals surface area contributed by atoms with Gasteiger partial charge < -0.3 is 4.74 Å². The predicted molar refractivity (Wildman–Crippen MR) is 49.4 cm³/mol. The van der Waals surface area contributed by atoms with Crippen LogP contribution in [0.4, 0.5) is 0 Å². The minimum absolute atomic E-state index is 1.00. The van der Waals surface area contributed by atoms with Crippen molar-refractivity contribution in [3.05, 3.63) is 41.2 Å². The summed E-state index contributed by atoms with van der Waals surface area (Å²) in [4.78, 5) is 0. The van der Waals surface area contributed by atoms with Crippen LogP contribution in [-0.2, 0) is 6.42 Å². The lowest BCUT2D eigenvalue weighted by Gasteiger charge is -2.16. The zero-order valence-corrected chi connectivity index (χ0v) is 7.42. The predicted octanol–water partition coefficient (Wildman–Crippen LogP) is 2.75. The Morgan fingerprint density at radius 1 is 1.17 bits per heavy atom. The van der Waals surface area contributed by atoms with Crippen LogP contribution in [-0.4, -0.2) is 0 Å². The van der Waals surface area contributed by atoms with Crippen LogP contribution in [0.2, 0.25) is 0 Å². The van der Waals surface area contributed by atoms with Crippen LogP contribution in [0.1, 0.15) is 16.7 Å². The first-order chi connectivity index (χ1) is 5.79. The molecule has 0 fully saturated rings. The molecule has 1 aromatic rings. The maximum absolute atomic E-state index is 5.45. The van der Waals surface area contributed by atoms with Gasteiger partial charge in [0, 0.05) is 5.56 Å². The average molecular weight is 160 g/mol. The summed E-state index contributed by atoms with van der Waals surface area (Å²) in [5.74, 6) is 1.05. The molecule has 0 saturated carbocycles. The second kappa shape index (κ2) is 2.67. The van der Waals surface area contributed by atoms with Crippen LogP contribution in [0.5, 0.6) is 5.75 Å². The number of ether oxygens (including phenoxy) is 1. The zero-order chi connectivity index (χ0) is 8.55. The number of fused-ring (bicyclic) bond motifs is 1. The summed E-state index contributed by atoms with van der Waals surface area (Å²) in [6.45, 7) is 4.21. The highest BCUT2D eigenvalue weighted by Gasteiger charge is 2.10. The van der Waals surface area contributed by atoms with Crippen molar-refractivity contribution in [1.82, 2.24) is 0 Å². The Balaban J connectivity index is 2.61. The molecule has 1 heterocycles. The van der Waals surface area contributed by atoms with Gasteiger partial charge in [-0.15, -0.1) is 0 Å². The first kappa shape index (κ1) is 7.41. The average Bonchev–Trinajstić information content (AvgIpc) is 2.12. The molecule has 12 heavy (non-hydrogen) atoms. The highest BCUT2D eigenvalue weighted by atomic mass is 16.5. The topological polar surface area (TPSA) is 9.23 Å². The van der Waals surface area contributed by atoms with Crippen molar-refractivity contribution in [1.29, 1.82) is 0 Å². The molecule has 62 valence electrons. The summed E-state index contributed by atoms with van der Waals surface area (Å²) in [7, 11) is 0. The summed E-state index contributed by atoms with van der Waals surface area (Å²) in [6, 6.07) is 4.25. The molecule has 1 aliphatic heterocycles. The molecule has 0 N–H and O–H groups in total. The van der Waals surface area contributed by atoms with E-state index in [1.54, 1.807) is 6.26 Å². The second-order valence-corrected chi connectivity index (χ2v) is 3.20. The van der Waals surface area contributed by atoms with E-state index in [2.05, 4.69) is 32.1 Å². The number of hydrogen-bond acceptors (Lipinski definition) is 1. The van der Waals surface area contributed by atoms with E-state index in [9.17, 15) is 0 Å². The fraction of sp³-hybridized carbons (Fsp3) is 0.273. The third-order valence-electron chi connectivity index (χ3n) is 2.30. The number of hydrogen-bond donors (Lipinski definition) is 0. The molecule has 0 aliphatic carbocycles. The summed E-state index contributed by atoms with van der Waals surface area (Å²) in [5.41, 5.74) is 3.87. The number of benzene rings is 1. The van der Waals surface area contributed by atoms with Crippen molar-refractivity contribution in [3.8, 4) is 5.75 Å². The molecular formula is C11H12O. The molecule has 1 heteroatoms. The normalized spacial score (nSPS) is 13.8. The van der Waals surface area contributed by atoms with E-state index in [0.717, 1.165) is 12.2 Å². The van der Waals surface area contributed by atoms with E-state index >= 15 is 0 Å². The quantitative estimate of drug-likeness (QED) is 0.567. The van der Waals surface area contributed by atoms with Crippen LogP contribution in [0.15, 0.2) is 24.5 Å². The summed E-state index contributed by atoms with van der Waals surface area (Å²) in [5, 5.41) is 0. The van der Waals surface area contributed by atoms with Gasteiger partial charge in [-0.25, -0.2) is 0 Å². The lowest BCUT2D eigenvalue weighted by atomic mass is 10.00.